The van der Waals surface area contributed by atoms with Crippen molar-refractivity contribution in [3.05, 3.63) is 0 Å². The second kappa shape index (κ2) is 4.55. The highest BCUT2D eigenvalue weighted by atomic mass is 16.5. The van der Waals surface area contributed by atoms with Gasteiger partial charge in [-0.25, -0.2) is 0 Å². The minimum atomic E-state index is 0.500. The summed E-state index contributed by atoms with van der Waals surface area (Å²) in [5, 5.41) is 8.22. The van der Waals surface area contributed by atoms with Crippen LogP contribution in [0.3, 0.4) is 0 Å². The van der Waals surface area contributed by atoms with E-state index in [1.807, 2.05) is 5.48 Å². The van der Waals surface area contributed by atoms with Crippen LogP contribution in [0.5, 0.6) is 0 Å². The highest BCUT2D eigenvalue weighted by Gasteiger charge is 1.89. The molecule has 0 aliphatic carbocycles. The SMILES string of the molecule is CN=C(CCN)NO. The summed E-state index contributed by atoms with van der Waals surface area (Å²) in [6.07, 6.45) is 0.590. The van der Waals surface area contributed by atoms with Crippen molar-refractivity contribution in [2.75, 3.05) is 13.6 Å². The Kier molecular flexibility index (Phi) is 4.20. The molecule has 0 atom stereocenters. The first-order valence-corrected chi connectivity index (χ1v) is 2.41. The number of hydrogen-bond donors (Lipinski definition) is 3. The van der Waals surface area contributed by atoms with Crippen LogP contribution in [0.2, 0.25) is 0 Å². The zero-order chi connectivity index (χ0) is 6.41. The minimum Gasteiger partial charge on any atom is -0.330 e. The molecule has 8 heavy (non-hydrogen) atoms. The molecule has 0 aromatic rings. The summed E-state index contributed by atoms with van der Waals surface area (Å²) in [5.74, 6) is 0.521. The Morgan fingerprint density at radius 3 is 2.62 bits per heavy atom. The van der Waals surface area contributed by atoms with Crippen LogP contribution in [0.4, 0.5) is 0 Å². The molecular formula is C4H11N3O. The molecule has 0 aliphatic heterocycles. The maximum Gasteiger partial charge on any atom is 0.121 e. The third kappa shape index (κ3) is 2.54. The molecular weight excluding hydrogens is 106 g/mol. The van der Waals surface area contributed by atoms with Crippen LogP contribution >= 0.6 is 0 Å². The van der Waals surface area contributed by atoms with Gasteiger partial charge in [0.25, 0.3) is 0 Å². The van der Waals surface area contributed by atoms with Crippen molar-refractivity contribution in [3.8, 4) is 0 Å². The molecule has 0 unspecified atom stereocenters. The fourth-order valence-electron chi connectivity index (χ4n) is 0.354. The number of hydrogen-bond acceptors (Lipinski definition) is 3. The summed E-state index contributed by atoms with van der Waals surface area (Å²) in [4.78, 5) is 3.67. The smallest absolute Gasteiger partial charge is 0.121 e. The molecule has 0 bridgehead atoms. The van der Waals surface area contributed by atoms with E-state index in [0.29, 0.717) is 18.8 Å². The maximum atomic E-state index is 8.22. The fourth-order valence-corrected chi connectivity index (χ4v) is 0.354. The van der Waals surface area contributed by atoms with E-state index in [4.69, 9.17) is 10.9 Å². The zero-order valence-electron chi connectivity index (χ0n) is 4.89. The number of aliphatic imine (C=N–C) groups is 1. The van der Waals surface area contributed by atoms with Gasteiger partial charge >= 0.3 is 0 Å². The van der Waals surface area contributed by atoms with Crippen molar-refractivity contribution in [3.63, 3.8) is 0 Å². The standard InChI is InChI=1S/C4H11N3O/c1-6-4(7-8)2-3-5/h8H,2-3,5H2,1H3,(H,6,7). The molecule has 0 heterocycles. The third-order valence-corrected chi connectivity index (χ3v) is 0.780. The zero-order valence-corrected chi connectivity index (χ0v) is 4.89. The van der Waals surface area contributed by atoms with Crippen LogP contribution in [0.1, 0.15) is 6.42 Å². The Bertz CT molecular complexity index is 81.4. The van der Waals surface area contributed by atoms with Crippen molar-refractivity contribution in [1.82, 2.24) is 5.48 Å². The monoisotopic (exact) mass is 117 g/mol. The van der Waals surface area contributed by atoms with E-state index in [2.05, 4.69) is 4.99 Å². The van der Waals surface area contributed by atoms with Crippen LogP contribution in [0, 0.1) is 0 Å². The van der Waals surface area contributed by atoms with Gasteiger partial charge in [-0.1, -0.05) is 0 Å². The van der Waals surface area contributed by atoms with E-state index in [1.165, 1.54) is 0 Å². The molecule has 0 saturated carbocycles. The van der Waals surface area contributed by atoms with Crippen LogP contribution < -0.4 is 11.2 Å². The molecule has 0 spiro atoms. The van der Waals surface area contributed by atoms with Gasteiger partial charge in [-0.2, -0.15) is 0 Å². The molecule has 4 N–H and O–H groups in total. The maximum absolute atomic E-state index is 8.22. The van der Waals surface area contributed by atoms with Gasteiger partial charge in [0.2, 0.25) is 0 Å². The van der Waals surface area contributed by atoms with Gasteiger partial charge in [-0.05, 0) is 6.54 Å². The number of amidine groups is 1. The molecule has 4 heteroatoms. The predicted molar refractivity (Wildman–Crippen MR) is 32.0 cm³/mol. The molecule has 0 aromatic heterocycles. The molecule has 0 aromatic carbocycles. The summed E-state index contributed by atoms with van der Waals surface area (Å²) >= 11 is 0. The topological polar surface area (TPSA) is 70.6 Å². The normalized spacial score (nSPS) is 11.6. The molecule has 48 valence electrons. The van der Waals surface area contributed by atoms with Crippen molar-refractivity contribution < 1.29 is 5.21 Å². The van der Waals surface area contributed by atoms with E-state index < -0.39 is 0 Å². The van der Waals surface area contributed by atoms with Gasteiger partial charge in [0.15, 0.2) is 0 Å². The lowest BCUT2D eigenvalue weighted by atomic mass is 10.4. The van der Waals surface area contributed by atoms with Crippen LogP contribution in [0.15, 0.2) is 4.99 Å². The molecule has 0 saturated heterocycles. The number of hydroxylamine groups is 1. The predicted octanol–water partition coefficient (Wildman–Crippen LogP) is -0.658. The average molecular weight is 117 g/mol. The van der Waals surface area contributed by atoms with Gasteiger partial charge in [0, 0.05) is 13.5 Å². The molecule has 0 rings (SSSR count). The first-order valence-electron chi connectivity index (χ1n) is 2.41. The largest absolute Gasteiger partial charge is 0.330 e. The van der Waals surface area contributed by atoms with E-state index >= 15 is 0 Å². The Labute approximate surface area is 48.4 Å². The van der Waals surface area contributed by atoms with Gasteiger partial charge in [-0.3, -0.25) is 15.7 Å². The van der Waals surface area contributed by atoms with E-state index in [0.717, 1.165) is 0 Å². The first-order chi connectivity index (χ1) is 3.85. The fraction of sp³-hybridized carbons (Fsp3) is 0.750. The Balaban J connectivity index is 3.38. The van der Waals surface area contributed by atoms with Gasteiger partial charge in [0.1, 0.15) is 5.84 Å². The first kappa shape index (κ1) is 7.39. The quantitative estimate of drug-likeness (QED) is 0.255. The molecule has 4 nitrogen and oxygen atoms in total. The molecule has 0 amide bonds. The van der Waals surface area contributed by atoms with E-state index in [-0.39, 0.29) is 0 Å². The van der Waals surface area contributed by atoms with Crippen LogP contribution in [-0.4, -0.2) is 24.6 Å². The molecule has 0 aliphatic rings. The Morgan fingerprint density at radius 1 is 1.88 bits per heavy atom. The Hall–Kier alpha value is -0.610. The lowest BCUT2D eigenvalue weighted by Crippen LogP contribution is -2.22. The summed E-state index contributed by atoms with van der Waals surface area (Å²) in [5.41, 5.74) is 7.07. The van der Waals surface area contributed by atoms with Crippen LogP contribution in [-0.2, 0) is 0 Å². The lowest BCUT2D eigenvalue weighted by Gasteiger charge is -1.97. The minimum absolute atomic E-state index is 0.500. The number of nitrogens with zero attached hydrogens (tertiary/aromatic N) is 1. The van der Waals surface area contributed by atoms with Crippen molar-refractivity contribution >= 4 is 5.84 Å². The second-order valence-corrected chi connectivity index (χ2v) is 1.32. The van der Waals surface area contributed by atoms with Crippen molar-refractivity contribution in [2.24, 2.45) is 10.7 Å². The Morgan fingerprint density at radius 2 is 2.50 bits per heavy atom. The number of nitrogens with two attached hydrogens (primary N) is 1. The highest BCUT2D eigenvalue weighted by Crippen LogP contribution is 1.75. The second-order valence-electron chi connectivity index (χ2n) is 1.32. The van der Waals surface area contributed by atoms with Crippen molar-refractivity contribution in [1.29, 1.82) is 0 Å². The van der Waals surface area contributed by atoms with Gasteiger partial charge in [-0.15, -0.1) is 0 Å². The van der Waals surface area contributed by atoms with Crippen LogP contribution in [0.25, 0.3) is 0 Å². The van der Waals surface area contributed by atoms with E-state index in [9.17, 15) is 0 Å². The highest BCUT2D eigenvalue weighted by molar-refractivity contribution is 5.80. The number of nitrogens with one attached hydrogen (secondary N) is 1. The summed E-state index contributed by atoms with van der Waals surface area (Å²) < 4.78 is 0. The average Bonchev–Trinajstić information content (AvgIpc) is 1.83. The van der Waals surface area contributed by atoms with Gasteiger partial charge in [0.05, 0.1) is 0 Å². The van der Waals surface area contributed by atoms with Gasteiger partial charge < -0.3 is 5.73 Å². The third-order valence-electron chi connectivity index (χ3n) is 0.780. The summed E-state index contributed by atoms with van der Waals surface area (Å²) in [6, 6.07) is 0. The summed E-state index contributed by atoms with van der Waals surface area (Å²) in [7, 11) is 1.59. The summed E-state index contributed by atoms with van der Waals surface area (Å²) in [6.45, 7) is 0.500. The van der Waals surface area contributed by atoms with E-state index in [1.54, 1.807) is 7.05 Å². The number of rotatable bonds is 2. The lowest BCUT2D eigenvalue weighted by molar-refractivity contribution is 0.231. The molecule has 0 radical (unpaired) electrons. The van der Waals surface area contributed by atoms with Crippen molar-refractivity contribution in [2.45, 2.75) is 6.42 Å². The molecule has 0 fully saturated rings.